The van der Waals surface area contributed by atoms with Crippen LogP contribution in [-0.2, 0) is 13.1 Å². The maximum absolute atomic E-state index is 12.0. The number of rotatable bonds is 6. The minimum absolute atomic E-state index is 0.231. The highest BCUT2D eigenvalue weighted by atomic mass is 35.5. The van der Waals surface area contributed by atoms with Crippen LogP contribution >= 0.6 is 11.6 Å². The Labute approximate surface area is 127 Å². The second kappa shape index (κ2) is 7.05. The fourth-order valence-electron chi connectivity index (χ4n) is 1.80. The van der Waals surface area contributed by atoms with Gasteiger partial charge in [-0.25, -0.2) is 0 Å². The molecule has 3 N–H and O–H groups in total. The summed E-state index contributed by atoms with van der Waals surface area (Å²) < 4.78 is 6.74. The quantitative estimate of drug-likeness (QED) is 0.824. The van der Waals surface area contributed by atoms with E-state index < -0.39 is 0 Å². The fourth-order valence-corrected chi connectivity index (χ4v) is 2.04. The summed E-state index contributed by atoms with van der Waals surface area (Å²) in [5.41, 5.74) is 6.35. The van der Waals surface area contributed by atoms with E-state index in [-0.39, 0.29) is 18.1 Å². The molecular formula is C13H16ClN5O2. The standard InChI is InChI=1S/C13H16ClN5O2/c1-21-12-4-2-3-10(14)9(12)7-16-13(20)11-8-19(6-5-15)18-17-11/h2-4,8H,5-7,15H2,1H3,(H,16,20). The van der Waals surface area contributed by atoms with Crippen LogP contribution in [0.5, 0.6) is 5.75 Å². The third-order valence-corrected chi connectivity index (χ3v) is 3.21. The molecular weight excluding hydrogens is 294 g/mol. The van der Waals surface area contributed by atoms with Gasteiger partial charge < -0.3 is 15.8 Å². The minimum atomic E-state index is -0.333. The van der Waals surface area contributed by atoms with E-state index >= 15 is 0 Å². The number of amides is 1. The zero-order chi connectivity index (χ0) is 15.2. The predicted molar refractivity (Wildman–Crippen MR) is 78.3 cm³/mol. The molecule has 0 saturated heterocycles. The van der Waals surface area contributed by atoms with Crippen LogP contribution in [0.3, 0.4) is 0 Å². The van der Waals surface area contributed by atoms with Crippen molar-refractivity contribution in [3.8, 4) is 5.75 Å². The van der Waals surface area contributed by atoms with E-state index in [0.717, 1.165) is 0 Å². The molecule has 1 heterocycles. The number of aromatic nitrogens is 3. The van der Waals surface area contributed by atoms with Gasteiger partial charge in [0.15, 0.2) is 5.69 Å². The topological polar surface area (TPSA) is 95.1 Å². The number of methoxy groups -OCH3 is 1. The Balaban J connectivity index is 2.04. The van der Waals surface area contributed by atoms with Crippen LogP contribution in [0.4, 0.5) is 0 Å². The highest BCUT2D eigenvalue weighted by Crippen LogP contribution is 2.25. The Kier molecular flexibility index (Phi) is 5.13. The van der Waals surface area contributed by atoms with Crippen LogP contribution in [0.2, 0.25) is 5.02 Å². The number of nitrogens with two attached hydrogens (primary N) is 1. The summed E-state index contributed by atoms with van der Waals surface area (Å²) in [7, 11) is 1.55. The van der Waals surface area contributed by atoms with E-state index in [0.29, 0.717) is 29.4 Å². The fraction of sp³-hybridized carbons (Fsp3) is 0.308. The molecule has 8 heteroatoms. The number of hydrogen-bond donors (Lipinski definition) is 2. The van der Waals surface area contributed by atoms with Crippen molar-refractivity contribution >= 4 is 17.5 Å². The molecule has 112 valence electrons. The lowest BCUT2D eigenvalue weighted by atomic mass is 10.2. The van der Waals surface area contributed by atoms with Gasteiger partial charge in [0, 0.05) is 23.7 Å². The Morgan fingerprint density at radius 3 is 3.05 bits per heavy atom. The molecule has 0 aliphatic rings. The highest BCUT2D eigenvalue weighted by molar-refractivity contribution is 6.31. The Hall–Kier alpha value is -2.12. The van der Waals surface area contributed by atoms with E-state index in [1.165, 1.54) is 4.68 Å². The number of hydrogen-bond acceptors (Lipinski definition) is 5. The molecule has 0 radical (unpaired) electrons. The first-order chi connectivity index (χ1) is 10.2. The van der Waals surface area contributed by atoms with Gasteiger partial charge in [-0.2, -0.15) is 0 Å². The third kappa shape index (κ3) is 3.71. The number of carbonyl (C=O) groups is 1. The predicted octanol–water partition coefficient (Wildman–Crippen LogP) is 0.829. The monoisotopic (exact) mass is 309 g/mol. The zero-order valence-corrected chi connectivity index (χ0v) is 12.3. The summed E-state index contributed by atoms with van der Waals surface area (Å²) in [6.07, 6.45) is 1.55. The Morgan fingerprint density at radius 2 is 2.33 bits per heavy atom. The van der Waals surface area contributed by atoms with E-state index in [9.17, 15) is 4.79 Å². The van der Waals surface area contributed by atoms with Crippen molar-refractivity contribution in [1.82, 2.24) is 20.3 Å². The zero-order valence-electron chi connectivity index (χ0n) is 11.5. The molecule has 0 spiro atoms. The van der Waals surface area contributed by atoms with E-state index in [2.05, 4.69) is 15.6 Å². The van der Waals surface area contributed by atoms with Crippen molar-refractivity contribution < 1.29 is 9.53 Å². The van der Waals surface area contributed by atoms with Crippen molar-refractivity contribution in [2.45, 2.75) is 13.1 Å². The first-order valence-electron chi connectivity index (χ1n) is 6.35. The van der Waals surface area contributed by atoms with E-state index in [1.807, 2.05) is 0 Å². The summed E-state index contributed by atoms with van der Waals surface area (Å²) in [6.45, 7) is 1.19. The van der Waals surface area contributed by atoms with Crippen LogP contribution in [0.25, 0.3) is 0 Å². The Morgan fingerprint density at radius 1 is 1.52 bits per heavy atom. The van der Waals surface area contributed by atoms with Crippen LogP contribution in [-0.4, -0.2) is 34.6 Å². The molecule has 0 saturated carbocycles. The summed E-state index contributed by atoms with van der Waals surface area (Å²) in [5, 5.41) is 10.9. The normalized spacial score (nSPS) is 10.4. The molecule has 0 atom stereocenters. The van der Waals surface area contributed by atoms with Gasteiger partial charge in [-0.05, 0) is 12.1 Å². The second-order valence-corrected chi connectivity index (χ2v) is 4.67. The molecule has 0 aliphatic carbocycles. The molecule has 2 aromatic rings. The van der Waals surface area contributed by atoms with Gasteiger partial charge in [-0.1, -0.05) is 22.9 Å². The Bertz CT molecular complexity index is 629. The SMILES string of the molecule is COc1cccc(Cl)c1CNC(=O)c1cn(CCN)nn1. The molecule has 0 aliphatic heterocycles. The van der Waals surface area contributed by atoms with Gasteiger partial charge in [-0.15, -0.1) is 5.10 Å². The van der Waals surface area contributed by atoms with Gasteiger partial charge >= 0.3 is 0 Å². The third-order valence-electron chi connectivity index (χ3n) is 2.85. The largest absolute Gasteiger partial charge is 0.496 e. The maximum atomic E-state index is 12.0. The van der Waals surface area contributed by atoms with E-state index in [1.54, 1.807) is 31.5 Å². The second-order valence-electron chi connectivity index (χ2n) is 4.26. The summed E-state index contributed by atoms with van der Waals surface area (Å²) in [4.78, 5) is 12.0. The molecule has 1 amide bonds. The molecule has 2 rings (SSSR count). The van der Waals surface area contributed by atoms with Gasteiger partial charge in [-0.3, -0.25) is 9.48 Å². The molecule has 21 heavy (non-hydrogen) atoms. The van der Waals surface area contributed by atoms with Crippen molar-refractivity contribution in [2.24, 2.45) is 5.73 Å². The van der Waals surface area contributed by atoms with Gasteiger partial charge in [0.2, 0.25) is 0 Å². The van der Waals surface area contributed by atoms with Crippen LogP contribution in [0.1, 0.15) is 16.1 Å². The van der Waals surface area contributed by atoms with Crippen molar-refractivity contribution in [3.05, 3.63) is 40.7 Å². The number of halogens is 1. The lowest BCUT2D eigenvalue weighted by Crippen LogP contribution is -2.23. The van der Waals surface area contributed by atoms with Crippen LogP contribution < -0.4 is 15.8 Å². The maximum Gasteiger partial charge on any atom is 0.273 e. The number of nitrogens with zero attached hydrogens (tertiary/aromatic N) is 3. The van der Waals surface area contributed by atoms with Crippen molar-refractivity contribution in [3.63, 3.8) is 0 Å². The highest BCUT2D eigenvalue weighted by Gasteiger charge is 2.13. The number of carbonyl (C=O) groups excluding carboxylic acids is 1. The molecule has 7 nitrogen and oxygen atoms in total. The summed E-state index contributed by atoms with van der Waals surface area (Å²) in [6, 6.07) is 5.30. The van der Waals surface area contributed by atoms with Gasteiger partial charge in [0.1, 0.15) is 5.75 Å². The van der Waals surface area contributed by atoms with Gasteiger partial charge in [0.25, 0.3) is 5.91 Å². The lowest BCUT2D eigenvalue weighted by Gasteiger charge is -2.10. The first kappa shape index (κ1) is 15.3. The van der Waals surface area contributed by atoms with Gasteiger partial charge in [0.05, 0.1) is 19.9 Å². The molecule has 0 unspecified atom stereocenters. The first-order valence-corrected chi connectivity index (χ1v) is 6.73. The van der Waals surface area contributed by atoms with Crippen LogP contribution in [0, 0.1) is 0 Å². The van der Waals surface area contributed by atoms with E-state index in [4.69, 9.17) is 22.1 Å². The minimum Gasteiger partial charge on any atom is -0.496 e. The smallest absolute Gasteiger partial charge is 0.273 e. The van der Waals surface area contributed by atoms with Crippen molar-refractivity contribution in [2.75, 3.05) is 13.7 Å². The number of ether oxygens (including phenoxy) is 1. The molecule has 0 fully saturated rings. The average molecular weight is 310 g/mol. The lowest BCUT2D eigenvalue weighted by molar-refractivity contribution is 0.0945. The number of benzene rings is 1. The average Bonchev–Trinajstić information content (AvgIpc) is 2.94. The molecule has 1 aromatic heterocycles. The molecule has 1 aromatic carbocycles. The summed E-state index contributed by atoms with van der Waals surface area (Å²) in [5.74, 6) is 0.287. The van der Waals surface area contributed by atoms with Crippen LogP contribution in [0.15, 0.2) is 24.4 Å². The summed E-state index contributed by atoms with van der Waals surface area (Å²) >= 11 is 6.11. The number of nitrogens with one attached hydrogen (secondary N) is 1. The molecule has 0 bridgehead atoms. The van der Waals surface area contributed by atoms with Crippen molar-refractivity contribution in [1.29, 1.82) is 0 Å².